The quantitative estimate of drug-likeness (QED) is 0.187. The molecule has 0 amide bonds. The second-order valence-electron chi connectivity index (χ2n) is 12.9. The molecule has 238 valence electrons. The van der Waals surface area contributed by atoms with E-state index in [-0.39, 0.29) is 0 Å². The molecule has 11 aromatic rings. The van der Waals surface area contributed by atoms with Crippen molar-refractivity contribution in [3.05, 3.63) is 164 Å². The van der Waals surface area contributed by atoms with E-state index in [0.29, 0.717) is 5.95 Å². The largest absolute Gasteiger partial charge is 0.301 e. The molecule has 5 nitrogen and oxygen atoms in total. The summed E-state index contributed by atoms with van der Waals surface area (Å²) in [5.41, 5.74) is 9.64. The number of fused-ring (bicyclic) bond motifs is 10. The van der Waals surface area contributed by atoms with Gasteiger partial charge in [-0.2, -0.15) is 0 Å². The van der Waals surface area contributed by atoms with Crippen LogP contribution in [0.25, 0.3) is 97.9 Å². The SMILES string of the molecule is c1ccc(-n2c3ccccc3c3c4ccc5c6ccccc6n(-c6nc(-c7ccc(-c8cccnc8)cc7)c7ccccc7n6)c5c4sc32)cc1. The maximum Gasteiger partial charge on any atom is 0.235 e. The van der Waals surface area contributed by atoms with Crippen LogP contribution in [0.3, 0.4) is 0 Å². The van der Waals surface area contributed by atoms with Gasteiger partial charge in [0.05, 0.1) is 32.5 Å². The van der Waals surface area contributed by atoms with E-state index >= 15 is 0 Å². The summed E-state index contributed by atoms with van der Waals surface area (Å²) < 4.78 is 5.92. The molecule has 5 aromatic heterocycles. The number of aromatic nitrogens is 5. The van der Waals surface area contributed by atoms with Crippen molar-refractivity contribution < 1.29 is 0 Å². The van der Waals surface area contributed by atoms with Gasteiger partial charge in [0.2, 0.25) is 5.95 Å². The lowest BCUT2D eigenvalue weighted by Crippen LogP contribution is -2.03. The third-order valence-corrected chi connectivity index (χ3v) is 11.2. The summed E-state index contributed by atoms with van der Waals surface area (Å²) in [5, 5.41) is 7.17. The van der Waals surface area contributed by atoms with Crippen LogP contribution in [0.4, 0.5) is 0 Å². The van der Waals surface area contributed by atoms with E-state index in [4.69, 9.17) is 9.97 Å². The predicted octanol–water partition coefficient (Wildman–Crippen LogP) is 11.8. The van der Waals surface area contributed by atoms with Gasteiger partial charge in [0.1, 0.15) is 4.83 Å². The number of thiophene rings is 1. The van der Waals surface area contributed by atoms with E-state index in [1.165, 1.54) is 42.0 Å². The first-order valence-corrected chi connectivity index (χ1v) is 17.8. The maximum absolute atomic E-state index is 5.42. The molecule has 0 bridgehead atoms. The standard InChI is InChI=1S/C45H27N5S/c1-2-12-31(13-3-1)49-39-19-9-6-16-35(39)40-36-25-24-33-32-14-5-8-18-38(32)50(42(33)43(36)51-44(40)49)45-47-37-17-7-4-15-34(37)41(48-45)29-22-20-28(21-23-29)30-11-10-26-46-27-30/h1-27H. The average Bonchev–Trinajstić information content (AvgIpc) is 3.85. The van der Waals surface area contributed by atoms with E-state index in [0.717, 1.165) is 50.0 Å². The third kappa shape index (κ3) is 4.17. The van der Waals surface area contributed by atoms with E-state index in [1.54, 1.807) is 6.20 Å². The zero-order chi connectivity index (χ0) is 33.5. The van der Waals surface area contributed by atoms with Gasteiger partial charge in [-0.1, -0.05) is 115 Å². The van der Waals surface area contributed by atoms with Gasteiger partial charge >= 0.3 is 0 Å². The highest BCUT2D eigenvalue weighted by atomic mass is 32.1. The van der Waals surface area contributed by atoms with Crippen LogP contribution in [0.5, 0.6) is 0 Å². The van der Waals surface area contributed by atoms with Gasteiger partial charge in [0.25, 0.3) is 0 Å². The van der Waals surface area contributed by atoms with E-state index in [9.17, 15) is 0 Å². The van der Waals surface area contributed by atoms with E-state index < -0.39 is 0 Å². The van der Waals surface area contributed by atoms with Gasteiger partial charge in [0.15, 0.2) is 0 Å². The van der Waals surface area contributed by atoms with Crippen LogP contribution in [0, 0.1) is 0 Å². The summed E-state index contributed by atoms with van der Waals surface area (Å²) in [7, 11) is 0. The highest BCUT2D eigenvalue weighted by Gasteiger charge is 2.23. The first-order chi connectivity index (χ1) is 25.3. The fourth-order valence-electron chi connectivity index (χ4n) is 7.78. The zero-order valence-electron chi connectivity index (χ0n) is 27.2. The molecule has 0 aliphatic heterocycles. The zero-order valence-corrected chi connectivity index (χ0v) is 28.0. The molecule has 0 N–H and O–H groups in total. The van der Waals surface area contributed by atoms with Crippen molar-refractivity contribution in [3.63, 3.8) is 0 Å². The van der Waals surface area contributed by atoms with Crippen LogP contribution in [-0.4, -0.2) is 24.1 Å². The van der Waals surface area contributed by atoms with Crippen molar-refractivity contribution in [1.82, 2.24) is 24.1 Å². The second kappa shape index (κ2) is 10.9. The van der Waals surface area contributed by atoms with Crippen LogP contribution in [0.2, 0.25) is 0 Å². The Bertz CT molecular complexity index is 3120. The molecule has 0 aliphatic rings. The van der Waals surface area contributed by atoms with Crippen molar-refractivity contribution in [1.29, 1.82) is 0 Å². The Hall–Kier alpha value is -6.63. The molecule has 11 rings (SSSR count). The number of benzene rings is 6. The van der Waals surface area contributed by atoms with Gasteiger partial charge in [-0.05, 0) is 47.5 Å². The molecule has 0 atom stereocenters. The second-order valence-corrected chi connectivity index (χ2v) is 13.9. The van der Waals surface area contributed by atoms with Crippen LogP contribution in [-0.2, 0) is 0 Å². The molecule has 51 heavy (non-hydrogen) atoms. The topological polar surface area (TPSA) is 48.5 Å². The minimum atomic E-state index is 0.660. The van der Waals surface area contributed by atoms with Crippen LogP contribution in [0.15, 0.2) is 164 Å². The summed E-state index contributed by atoms with van der Waals surface area (Å²) >= 11 is 1.85. The molecule has 0 spiro atoms. The van der Waals surface area contributed by atoms with Crippen molar-refractivity contribution >= 4 is 75.3 Å². The molecule has 6 aromatic carbocycles. The molecule has 6 heteroatoms. The highest BCUT2D eigenvalue weighted by molar-refractivity contribution is 7.26. The Morgan fingerprint density at radius 3 is 1.96 bits per heavy atom. The summed E-state index contributed by atoms with van der Waals surface area (Å²) in [5.74, 6) is 0.660. The highest BCUT2D eigenvalue weighted by Crippen LogP contribution is 2.47. The normalized spacial score (nSPS) is 11.9. The predicted molar refractivity (Wildman–Crippen MR) is 212 cm³/mol. The minimum Gasteiger partial charge on any atom is -0.301 e. The smallest absolute Gasteiger partial charge is 0.235 e. The number of nitrogens with zero attached hydrogens (tertiary/aromatic N) is 5. The van der Waals surface area contributed by atoms with Crippen LogP contribution >= 0.6 is 11.3 Å². The number of rotatable bonds is 4. The molecule has 0 radical (unpaired) electrons. The fraction of sp³-hybridized carbons (Fsp3) is 0. The molecule has 0 saturated heterocycles. The Morgan fingerprint density at radius 2 is 1.16 bits per heavy atom. The Balaban J connectivity index is 1.22. The van der Waals surface area contributed by atoms with Gasteiger partial charge in [-0.25, -0.2) is 9.97 Å². The van der Waals surface area contributed by atoms with E-state index in [2.05, 4.69) is 160 Å². The molecule has 0 aliphatic carbocycles. The Labute approximate surface area is 296 Å². The molecule has 5 heterocycles. The maximum atomic E-state index is 5.42. The number of pyridine rings is 1. The third-order valence-electron chi connectivity index (χ3n) is 10.0. The monoisotopic (exact) mass is 669 g/mol. The summed E-state index contributed by atoms with van der Waals surface area (Å²) in [6.45, 7) is 0. The lowest BCUT2D eigenvalue weighted by Gasteiger charge is -2.12. The van der Waals surface area contributed by atoms with Gasteiger partial charge in [-0.15, -0.1) is 11.3 Å². The minimum absolute atomic E-state index is 0.660. The van der Waals surface area contributed by atoms with Crippen molar-refractivity contribution in [2.24, 2.45) is 0 Å². The van der Waals surface area contributed by atoms with Crippen LogP contribution < -0.4 is 0 Å². The first kappa shape index (κ1) is 28.2. The fourth-order valence-corrected chi connectivity index (χ4v) is 9.17. The number of para-hydroxylation sites is 4. The lowest BCUT2D eigenvalue weighted by atomic mass is 10.0. The van der Waals surface area contributed by atoms with Crippen LogP contribution in [0.1, 0.15) is 0 Å². The summed E-state index contributed by atoms with van der Waals surface area (Å²) in [4.78, 5) is 16.2. The van der Waals surface area contributed by atoms with Gasteiger partial charge in [-0.3, -0.25) is 9.55 Å². The number of hydrogen-bond acceptors (Lipinski definition) is 4. The number of hydrogen-bond donors (Lipinski definition) is 0. The van der Waals surface area contributed by atoms with Gasteiger partial charge < -0.3 is 4.57 Å². The summed E-state index contributed by atoms with van der Waals surface area (Å²) in [6, 6.07) is 53.6. The van der Waals surface area contributed by atoms with Crippen molar-refractivity contribution in [2.45, 2.75) is 0 Å². The first-order valence-electron chi connectivity index (χ1n) is 17.0. The average molecular weight is 670 g/mol. The molecular formula is C45H27N5S. The molecular weight excluding hydrogens is 643 g/mol. The Morgan fingerprint density at radius 1 is 0.471 bits per heavy atom. The van der Waals surface area contributed by atoms with Gasteiger partial charge in [0, 0.05) is 56.0 Å². The van der Waals surface area contributed by atoms with Crippen molar-refractivity contribution in [2.75, 3.05) is 0 Å². The van der Waals surface area contributed by atoms with E-state index in [1.807, 2.05) is 23.6 Å². The van der Waals surface area contributed by atoms with Crippen molar-refractivity contribution in [3.8, 4) is 34.0 Å². The Kier molecular flexibility index (Phi) is 6.05. The molecule has 0 fully saturated rings. The lowest BCUT2D eigenvalue weighted by molar-refractivity contribution is 1.02. The summed E-state index contributed by atoms with van der Waals surface area (Å²) in [6.07, 6.45) is 3.70. The molecule has 0 saturated carbocycles. The molecule has 0 unspecified atom stereocenters.